The van der Waals surface area contributed by atoms with Gasteiger partial charge < -0.3 is 19.7 Å². The van der Waals surface area contributed by atoms with Gasteiger partial charge in [0.05, 0.1) is 5.56 Å². The lowest BCUT2D eigenvalue weighted by Gasteiger charge is -2.36. The summed E-state index contributed by atoms with van der Waals surface area (Å²) in [5.74, 6) is -4.61. The molecule has 0 bridgehead atoms. The van der Waals surface area contributed by atoms with Crippen LogP contribution in [0.4, 0.5) is 52.7 Å². The predicted octanol–water partition coefficient (Wildman–Crippen LogP) is 9.81. The minimum absolute atomic E-state index is 0.0254. The molecule has 3 aromatic carbocycles. The van der Waals surface area contributed by atoms with Crippen molar-refractivity contribution < 1.29 is 82.0 Å². The van der Waals surface area contributed by atoms with Gasteiger partial charge >= 0.3 is 30.7 Å². The Morgan fingerprint density at radius 2 is 0.964 bits per heavy atom. The second-order valence-corrected chi connectivity index (χ2v) is 13.7. The van der Waals surface area contributed by atoms with Crippen LogP contribution in [0.5, 0.6) is 11.5 Å². The predicted molar refractivity (Wildman–Crippen MR) is 181 cm³/mol. The molecule has 0 spiro atoms. The van der Waals surface area contributed by atoms with E-state index in [4.69, 9.17) is 9.47 Å². The number of alkyl halides is 12. The second-order valence-electron chi connectivity index (χ2n) is 13.7. The first-order valence-electron chi connectivity index (χ1n) is 17.0. The maximum absolute atomic E-state index is 14.3. The van der Waals surface area contributed by atoms with Crippen molar-refractivity contribution in [3.63, 3.8) is 0 Å². The summed E-state index contributed by atoms with van der Waals surface area (Å²) in [7, 11) is 1.77. The number of carbonyl (C=O) groups excluding carboxylic acids is 2. The third-order valence-electron chi connectivity index (χ3n) is 10.3. The first-order valence-corrected chi connectivity index (χ1v) is 17.0. The third kappa shape index (κ3) is 8.38. The Labute approximate surface area is 314 Å². The number of ketones is 1. The van der Waals surface area contributed by atoms with Crippen LogP contribution < -0.4 is 9.47 Å². The molecule has 0 aromatic heterocycles. The van der Waals surface area contributed by atoms with E-state index >= 15 is 0 Å². The summed E-state index contributed by atoms with van der Waals surface area (Å²) >= 11 is 0. The Morgan fingerprint density at radius 3 is 1.32 bits per heavy atom. The number of benzene rings is 3. The van der Waals surface area contributed by atoms with Gasteiger partial charge in [-0.15, -0.1) is 0 Å². The van der Waals surface area contributed by atoms with Crippen LogP contribution in [0, 0.1) is 5.41 Å². The van der Waals surface area contributed by atoms with E-state index in [2.05, 4.69) is 0 Å². The van der Waals surface area contributed by atoms with Crippen molar-refractivity contribution in [2.45, 2.75) is 102 Å². The maximum atomic E-state index is 14.3. The highest BCUT2D eigenvalue weighted by molar-refractivity contribution is 6.13. The van der Waals surface area contributed by atoms with E-state index in [1.54, 1.807) is 21.7 Å². The van der Waals surface area contributed by atoms with Gasteiger partial charge in [-0.1, -0.05) is 58.3 Å². The van der Waals surface area contributed by atoms with Gasteiger partial charge in [-0.2, -0.15) is 52.7 Å². The van der Waals surface area contributed by atoms with E-state index in [-0.39, 0.29) is 36.3 Å². The van der Waals surface area contributed by atoms with Crippen molar-refractivity contribution in [2.24, 2.45) is 5.41 Å². The molecule has 0 aliphatic rings. The Balaban J connectivity index is 2.33. The van der Waals surface area contributed by atoms with Crippen LogP contribution in [0.2, 0.25) is 6.32 Å². The van der Waals surface area contributed by atoms with Gasteiger partial charge in [-0.05, 0) is 73.7 Å². The molecule has 0 aliphatic carbocycles. The Bertz CT molecular complexity index is 1860. The van der Waals surface area contributed by atoms with Gasteiger partial charge in [-0.25, -0.2) is 4.79 Å². The average Bonchev–Trinajstić information content (AvgIpc) is 3.11. The molecule has 0 radical (unpaired) electrons. The van der Waals surface area contributed by atoms with E-state index in [0.29, 0.717) is 37.0 Å². The van der Waals surface area contributed by atoms with E-state index in [0.717, 1.165) is 12.1 Å². The number of rotatable bonds is 13. The molecule has 3 rings (SSSR count). The molecule has 0 saturated heterocycles. The topological polar surface area (TPSA) is 93.1 Å². The zero-order valence-corrected chi connectivity index (χ0v) is 30.7. The van der Waals surface area contributed by atoms with Crippen LogP contribution >= 0.6 is 0 Å². The number of hydrogen-bond acceptors (Lipinski definition) is 6. The molecule has 0 heterocycles. The summed E-state index contributed by atoms with van der Waals surface area (Å²) in [6.45, 7) is 7.76. The molecule has 308 valence electrons. The number of hydrogen-bond donors (Lipinski definition) is 2. The summed E-state index contributed by atoms with van der Waals surface area (Å²) in [5, 5.41) is 20.8. The molecule has 0 saturated carbocycles. The molecule has 19 heteroatoms. The summed E-state index contributed by atoms with van der Waals surface area (Å²) < 4.78 is 181. The summed E-state index contributed by atoms with van der Waals surface area (Å²) in [5.41, 5.74) is -20.1. The number of ether oxygens (including phenoxy) is 2. The van der Waals surface area contributed by atoms with Crippen LogP contribution in [0.3, 0.4) is 0 Å². The van der Waals surface area contributed by atoms with E-state index < -0.39 is 92.2 Å². The molecular weight excluding hydrogens is 779 g/mol. The lowest BCUT2D eigenvalue weighted by molar-refractivity contribution is -0.377. The Morgan fingerprint density at radius 1 is 0.589 bits per heavy atom. The number of Topliss-reactive ketones (excluding diaryl/α,β-unsaturated/α-hetero) is 1. The zero-order chi connectivity index (χ0) is 43.1. The molecule has 56 heavy (non-hydrogen) atoms. The summed E-state index contributed by atoms with van der Waals surface area (Å²) in [4.78, 5) is 26.1. The van der Waals surface area contributed by atoms with E-state index in [9.17, 15) is 72.5 Å². The number of halogens is 12. The average molecular weight is 816 g/mol. The molecule has 3 aromatic rings. The highest BCUT2D eigenvalue weighted by Gasteiger charge is 2.73. The van der Waals surface area contributed by atoms with Crippen LogP contribution in [0.25, 0.3) is 11.1 Å². The second kappa shape index (κ2) is 15.6. The smallest absolute Gasteiger partial charge is 0.430 e. The molecule has 2 N–H and O–H groups in total. The van der Waals surface area contributed by atoms with Gasteiger partial charge in [0.15, 0.2) is 5.78 Å². The highest BCUT2D eigenvalue weighted by Crippen LogP contribution is 2.55. The molecule has 0 fully saturated rings. The summed E-state index contributed by atoms with van der Waals surface area (Å²) in [6.07, 6.45) is -25.3. The van der Waals surface area contributed by atoms with Crippen LogP contribution in [-0.4, -0.2) is 60.1 Å². The van der Waals surface area contributed by atoms with Gasteiger partial charge in [0.25, 0.3) is 11.2 Å². The van der Waals surface area contributed by atoms with Gasteiger partial charge in [0, 0.05) is 22.1 Å². The molecule has 6 nitrogen and oxygen atoms in total. The van der Waals surface area contributed by atoms with E-state index in [1.165, 1.54) is 32.9 Å². The number of esters is 1. The Kier molecular flexibility index (Phi) is 12.8. The van der Waals surface area contributed by atoms with Crippen molar-refractivity contribution >= 4 is 19.6 Å². The van der Waals surface area contributed by atoms with Crippen molar-refractivity contribution in [3.8, 4) is 22.6 Å². The van der Waals surface area contributed by atoms with Crippen LogP contribution in [0.1, 0.15) is 85.7 Å². The van der Waals surface area contributed by atoms with Crippen molar-refractivity contribution in [1.29, 1.82) is 0 Å². The summed E-state index contributed by atoms with van der Waals surface area (Å²) in [6, 6.07) is 6.43. The molecule has 1 atom stereocenters. The number of aliphatic hydroxyl groups is 2. The number of carbonyl (C=O) groups is 2. The fourth-order valence-corrected chi connectivity index (χ4v) is 5.59. The first-order chi connectivity index (χ1) is 25.4. The molecule has 0 aliphatic heterocycles. The third-order valence-corrected chi connectivity index (χ3v) is 10.3. The standard InChI is InChI=1S/C37H37BF12O6/c1-6-30(4,19-38)28(51)20-9-11-21(12-10-20)29(52)55-26-15-13-22(17-24(26)32(53,34(39,40)41)35(42,43)44)23-14-16-27(56-31(5,7-2)8-3)25(18-23)33(54,36(45,46)47)37(48,49)50/h9-18,53-54H,6-8,19,38H2,1-5H3. The minimum atomic E-state index is -6.61. The largest absolute Gasteiger partial charge is 0.487 e. The van der Waals surface area contributed by atoms with Crippen molar-refractivity contribution in [3.05, 3.63) is 82.9 Å². The Hall–Kier alpha value is -4.26. The lowest BCUT2D eigenvalue weighted by Crippen LogP contribution is -2.54. The van der Waals surface area contributed by atoms with Crippen LogP contribution in [0.15, 0.2) is 60.7 Å². The normalized spacial score (nSPS) is 14.6. The monoisotopic (exact) mass is 816 g/mol. The lowest BCUT2D eigenvalue weighted by atomic mass is 9.71. The molecule has 0 amide bonds. The molecular formula is C37H37BF12O6. The van der Waals surface area contributed by atoms with Crippen molar-refractivity contribution in [1.82, 2.24) is 0 Å². The highest BCUT2D eigenvalue weighted by atomic mass is 19.4. The van der Waals surface area contributed by atoms with Crippen molar-refractivity contribution in [2.75, 3.05) is 0 Å². The van der Waals surface area contributed by atoms with Gasteiger partial charge in [-0.3, -0.25) is 4.79 Å². The van der Waals surface area contributed by atoms with Gasteiger partial charge in [0.2, 0.25) is 0 Å². The zero-order valence-electron chi connectivity index (χ0n) is 30.7. The quantitative estimate of drug-likeness (QED) is 0.0587. The first kappa shape index (κ1) is 46.1. The SMILES string of the molecule is BCC(C)(CC)C(=O)c1ccc(C(=O)Oc2ccc(-c3ccc(OC(C)(CC)CC)c(C(O)(C(F)(F)F)C(F)(F)F)c3)cc2C(O)(C(F)(F)F)C(F)(F)F)cc1. The fraction of sp³-hybridized carbons (Fsp3) is 0.459. The van der Waals surface area contributed by atoms with Gasteiger partial charge in [0.1, 0.15) is 24.9 Å². The van der Waals surface area contributed by atoms with Crippen LogP contribution in [-0.2, 0) is 11.2 Å². The fourth-order valence-electron chi connectivity index (χ4n) is 5.59. The minimum Gasteiger partial charge on any atom is -0.487 e. The molecule has 1 unspecified atom stereocenters. The maximum Gasteiger partial charge on any atom is 0.430 e. The van der Waals surface area contributed by atoms with E-state index in [1.807, 2.05) is 0 Å².